The van der Waals surface area contributed by atoms with Crippen LogP contribution in [0.25, 0.3) is 6.08 Å². The minimum Gasteiger partial charge on any atom is -0.349 e. The lowest BCUT2D eigenvalue weighted by Gasteiger charge is -2.25. The topological polar surface area (TPSA) is 49.0 Å². The molecule has 0 N–H and O–H groups in total. The number of likely N-dealkylation sites (N-methyl/N-ethyl adjacent to an activating group) is 1. The molecule has 0 saturated carbocycles. The summed E-state index contributed by atoms with van der Waals surface area (Å²) in [6.45, 7) is 8.61. The number of aryl methyl sites for hydroxylation is 1. The van der Waals surface area contributed by atoms with E-state index in [0.717, 1.165) is 42.0 Å². The Bertz CT molecular complexity index is 953. The average Bonchev–Trinajstić information content (AvgIpc) is 2.94. The number of rotatable bonds is 6. The van der Waals surface area contributed by atoms with Gasteiger partial charge < -0.3 is 9.47 Å². The largest absolute Gasteiger partial charge is 0.349 e. The van der Waals surface area contributed by atoms with Crippen LogP contribution in [0.5, 0.6) is 0 Å². The van der Waals surface area contributed by atoms with Gasteiger partial charge in [-0.25, -0.2) is 8.78 Å². The Kier molecular flexibility index (Phi) is 6.74. The summed E-state index contributed by atoms with van der Waals surface area (Å²) in [7, 11) is 1.54. The van der Waals surface area contributed by atoms with Gasteiger partial charge in [0.2, 0.25) is 0 Å². The highest BCUT2D eigenvalue weighted by Gasteiger charge is 2.22. The summed E-state index contributed by atoms with van der Waals surface area (Å²) in [4.78, 5) is 14.2. The predicted octanol–water partition coefficient (Wildman–Crippen LogP) is 4.92. The summed E-state index contributed by atoms with van der Waals surface area (Å²) in [5, 5.41) is 9.53. The van der Waals surface area contributed by atoms with Gasteiger partial charge in [0.15, 0.2) is 11.6 Å². The molecule has 1 heterocycles. The van der Waals surface area contributed by atoms with E-state index in [2.05, 4.69) is 11.5 Å². The number of hydrogen-bond acceptors (Lipinski definition) is 2. The SMILES string of the molecule is CCCn1c(C)cc(/C=C(/C#N)C(=O)N(C)C(C)c2ccc(F)c(F)c2)c1C. The maximum Gasteiger partial charge on any atom is 0.264 e. The van der Waals surface area contributed by atoms with E-state index in [0.29, 0.717) is 5.56 Å². The molecule has 2 rings (SSSR count). The number of amides is 1. The summed E-state index contributed by atoms with van der Waals surface area (Å²) >= 11 is 0. The van der Waals surface area contributed by atoms with Crippen molar-refractivity contribution in [1.82, 2.24) is 9.47 Å². The molecule has 0 aliphatic rings. The summed E-state index contributed by atoms with van der Waals surface area (Å²) in [6.07, 6.45) is 2.57. The number of benzene rings is 1. The van der Waals surface area contributed by atoms with Crippen molar-refractivity contribution in [3.8, 4) is 6.07 Å². The highest BCUT2D eigenvalue weighted by atomic mass is 19.2. The molecule has 2 aromatic rings. The van der Waals surface area contributed by atoms with Crippen molar-refractivity contribution in [1.29, 1.82) is 5.26 Å². The number of halogens is 2. The van der Waals surface area contributed by atoms with Crippen molar-refractivity contribution < 1.29 is 13.6 Å². The number of aromatic nitrogens is 1. The zero-order valence-electron chi connectivity index (χ0n) is 16.9. The van der Waals surface area contributed by atoms with Gasteiger partial charge in [-0.3, -0.25) is 4.79 Å². The van der Waals surface area contributed by atoms with Crippen LogP contribution >= 0.6 is 0 Å². The number of nitriles is 1. The Labute approximate surface area is 164 Å². The zero-order valence-corrected chi connectivity index (χ0v) is 16.9. The Morgan fingerprint density at radius 3 is 2.54 bits per heavy atom. The molecule has 0 bridgehead atoms. The molecule has 1 aromatic heterocycles. The van der Waals surface area contributed by atoms with Crippen LogP contribution in [0.15, 0.2) is 29.8 Å². The highest BCUT2D eigenvalue weighted by Crippen LogP contribution is 2.24. The fourth-order valence-electron chi connectivity index (χ4n) is 3.20. The summed E-state index contributed by atoms with van der Waals surface area (Å²) < 4.78 is 28.8. The van der Waals surface area contributed by atoms with Crippen LogP contribution in [-0.4, -0.2) is 22.4 Å². The van der Waals surface area contributed by atoms with Gasteiger partial charge in [-0.05, 0) is 62.6 Å². The number of hydrogen-bond donors (Lipinski definition) is 0. The molecule has 0 aliphatic carbocycles. The van der Waals surface area contributed by atoms with Gasteiger partial charge in [0.25, 0.3) is 5.91 Å². The Morgan fingerprint density at radius 2 is 1.96 bits per heavy atom. The molecule has 1 aromatic carbocycles. The van der Waals surface area contributed by atoms with E-state index < -0.39 is 23.6 Å². The van der Waals surface area contributed by atoms with Crippen LogP contribution < -0.4 is 0 Å². The summed E-state index contributed by atoms with van der Waals surface area (Å²) in [6, 6.07) is 6.93. The summed E-state index contributed by atoms with van der Waals surface area (Å²) in [5.41, 5.74) is 3.33. The van der Waals surface area contributed by atoms with Crippen LogP contribution in [-0.2, 0) is 11.3 Å². The van der Waals surface area contributed by atoms with Gasteiger partial charge in [0, 0.05) is 25.0 Å². The van der Waals surface area contributed by atoms with E-state index in [9.17, 15) is 18.8 Å². The van der Waals surface area contributed by atoms with Gasteiger partial charge in [-0.15, -0.1) is 0 Å². The Hall–Kier alpha value is -2.94. The van der Waals surface area contributed by atoms with Crippen LogP contribution in [0.1, 0.15) is 48.8 Å². The van der Waals surface area contributed by atoms with Crippen LogP contribution in [0.3, 0.4) is 0 Å². The Morgan fingerprint density at radius 1 is 1.29 bits per heavy atom. The van der Waals surface area contributed by atoms with Crippen molar-refractivity contribution in [2.24, 2.45) is 0 Å². The molecule has 1 unspecified atom stereocenters. The van der Waals surface area contributed by atoms with E-state index in [1.165, 1.54) is 11.0 Å². The molecule has 1 amide bonds. The number of carbonyl (C=O) groups excluding carboxylic acids is 1. The highest BCUT2D eigenvalue weighted by molar-refractivity contribution is 6.01. The zero-order chi connectivity index (χ0) is 21.0. The molecule has 6 heteroatoms. The van der Waals surface area contributed by atoms with E-state index >= 15 is 0 Å². The van der Waals surface area contributed by atoms with E-state index in [-0.39, 0.29) is 5.57 Å². The van der Waals surface area contributed by atoms with Crippen LogP contribution in [0.2, 0.25) is 0 Å². The molecule has 1 atom stereocenters. The molecule has 0 fully saturated rings. The maximum absolute atomic E-state index is 13.5. The Balaban J connectivity index is 2.32. The van der Waals surface area contributed by atoms with Crippen molar-refractivity contribution in [3.63, 3.8) is 0 Å². The third kappa shape index (κ3) is 4.30. The normalized spacial score (nSPS) is 12.6. The second-order valence-corrected chi connectivity index (χ2v) is 6.91. The lowest BCUT2D eigenvalue weighted by Crippen LogP contribution is -2.30. The molecule has 0 aliphatic heterocycles. The second-order valence-electron chi connectivity index (χ2n) is 6.91. The summed E-state index contributed by atoms with van der Waals surface area (Å²) in [5.74, 6) is -2.38. The lowest BCUT2D eigenvalue weighted by molar-refractivity contribution is -0.127. The van der Waals surface area contributed by atoms with Gasteiger partial charge in [0.05, 0.1) is 6.04 Å². The van der Waals surface area contributed by atoms with Crippen molar-refractivity contribution in [2.75, 3.05) is 7.05 Å². The number of nitrogens with zero attached hydrogens (tertiary/aromatic N) is 3. The standard InChI is InChI=1S/C22H25F2N3O/c1-6-9-27-14(2)10-18(16(27)4)11-19(13-25)22(28)26(5)15(3)17-7-8-20(23)21(24)12-17/h7-8,10-12,15H,6,9H2,1-5H3/b19-11-. The van der Waals surface area contributed by atoms with E-state index in [1.807, 2.05) is 26.0 Å². The minimum absolute atomic E-state index is 0.00585. The van der Waals surface area contributed by atoms with Crippen molar-refractivity contribution in [3.05, 3.63) is 64.0 Å². The van der Waals surface area contributed by atoms with Gasteiger partial charge in [-0.2, -0.15) is 5.26 Å². The fraction of sp³-hybridized carbons (Fsp3) is 0.364. The molecule has 148 valence electrons. The van der Waals surface area contributed by atoms with Gasteiger partial charge in [0.1, 0.15) is 11.6 Å². The van der Waals surface area contributed by atoms with Gasteiger partial charge in [-0.1, -0.05) is 13.0 Å². The molecular formula is C22H25F2N3O. The molecule has 0 spiro atoms. The van der Waals surface area contributed by atoms with E-state index in [1.54, 1.807) is 20.0 Å². The number of carbonyl (C=O) groups is 1. The van der Waals surface area contributed by atoms with Crippen molar-refractivity contribution in [2.45, 2.75) is 46.7 Å². The third-order valence-corrected chi connectivity index (χ3v) is 5.04. The first kappa shape index (κ1) is 21.4. The first-order chi connectivity index (χ1) is 13.2. The minimum atomic E-state index is -0.968. The first-order valence-corrected chi connectivity index (χ1v) is 9.21. The second kappa shape index (κ2) is 8.83. The molecule has 0 saturated heterocycles. The van der Waals surface area contributed by atoms with Crippen LogP contribution in [0.4, 0.5) is 8.78 Å². The van der Waals surface area contributed by atoms with Gasteiger partial charge >= 0.3 is 0 Å². The quantitative estimate of drug-likeness (QED) is 0.523. The predicted molar refractivity (Wildman–Crippen MR) is 105 cm³/mol. The van der Waals surface area contributed by atoms with Crippen molar-refractivity contribution >= 4 is 12.0 Å². The fourth-order valence-corrected chi connectivity index (χ4v) is 3.20. The molecular weight excluding hydrogens is 360 g/mol. The monoisotopic (exact) mass is 385 g/mol. The molecule has 28 heavy (non-hydrogen) atoms. The first-order valence-electron chi connectivity index (χ1n) is 9.21. The lowest BCUT2D eigenvalue weighted by atomic mass is 10.1. The third-order valence-electron chi connectivity index (χ3n) is 5.04. The maximum atomic E-state index is 13.5. The molecule has 0 radical (unpaired) electrons. The van der Waals surface area contributed by atoms with E-state index in [4.69, 9.17) is 0 Å². The molecule has 4 nitrogen and oxygen atoms in total. The smallest absolute Gasteiger partial charge is 0.264 e. The van der Waals surface area contributed by atoms with Crippen LogP contribution in [0, 0.1) is 36.8 Å². The average molecular weight is 385 g/mol.